The number of nitrogens with two attached hydrogens (primary N) is 1. The number of aromatic nitrogens is 1. The standard InChI is InChI=1S/C12H20N4O/c1-12(2,3)15-11(17)8-16(4)10-5-6-14-7-9(10)13/h5-7H,8,13H2,1-4H3,(H,15,17). The number of pyridine rings is 1. The summed E-state index contributed by atoms with van der Waals surface area (Å²) in [6.45, 7) is 6.12. The van der Waals surface area contributed by atoms with Crippen LogP contribution in [0, 0.1) is 0 Å². The van der Waals surface area contributed by atoms with Gasteiger partial charge < -0.3 is 16.0 Å². The van der Waals surface area contributed by atoms with E-state index in [2.05, 4.69) is 10.3 Å². The van der Waals surface area contributed by atoms with Crippen LogP contribution in [0.25, 0.3) is 0 Å². The van der Waals surface area contributed by atoms with E-state index in [4.69, 9.17) is 5.73 Å². The second-order valence-electron chi connectivity index (χ2n) is 5.09. The minimum absolute atomic E-state index is 0.0313. The fourth-order valence-electron chi connectivity index (χ4n) is 1.51. The summed E-state index contributed by atoms with van der Waals surface area (Å²) in [5, 5.41) is 2.90. The molecule has 0 fully saturated rings. The fraction of sp³-hybridized carbons (Fsp3) is 0.500. The van der Waals surface area contributed by atoms with Gasteiger partial charge in [-0.05, 0) is 26.8 Å². The molecule has 5 heteroatoms. The molecule has 3 N–H and O–H groups in total. The van der Waals surface area contributed by atoms with Crippen LogP contribution in [0.5, 0.6) is 0 Å². The van der Waals surface area contributed by atoms with Gasteiger partial charge in [0.05, 0.1) is 24.1 Å². The van der Waals surface area contributed by atoms with Gasteiger partial charge >= 0.3 is 0 Å². The molecule has 5 nitrogen and oxygen atoms in total. The number of hydrogen-bond donors (Lipinski definition) is 2. The Hall–Kier alpha value is -1.78. The van der Waals surface area contributed by atoms with Crippen molar-refractivity contribution in [2.24, 2.45) is 0 Å². The predicted molar refractivity (Wildman–Crippen MR) is 69.8 cm³/mol. The van der Waals surface area contributed by atoms with Crippen LogP contribution in [0.1, 0.15) is 20.8 Å². The van der Waals surface area contributed by atoms with Crippen molar-refractivity contribution in [2.75, 3.05) is 24.2 Å². The molecular weight excluding hydrogens is 216 g/mol. The van der Waals surface area contributed by atoms with Crippen molar-refractivity contribution in [2.45, 2.75) is 26.3 Å². The molecule has 17 heavy (non-hydrogen) atoms. The number of nitrogen functional groups attached to an aromatic ring is 1. The highest BCUT2D eigenvalue weighted by atomic mass is 16.2. The zero-order chi connectivity index (χ0) is 13.1. The number of hydrogen-bond acceptors (Lipinski definition) is 4. The second kappa shape index (κ2) is 5.03. The van der Waals surface area contributed by atoms with Gasteiger partial charge in [0.15, 0.2) is 0 Å². The summed E-state index contributed by atoms with van der Waals surface area (Å²) in [6.07, 6.45) is 3.23. The largest absolute Gasteiger partial charge is 0.396 e. The van der Waals surface area contributed by atoms with Crippen LogP contribution < -0.4 is 16.0 Å². The molecule has 1 aromatic rings. The quantitative estimate of drug-likeness (QED) is 0.821. The Morgan fingerprint density at radius 2 is 2.18 bits per heavy atom. The van der Waals surface area contributed by atoms with Crippen molar-refractivity contribution in [3.8, 4) is 0 Å². The maximum absolute atomic E-state index is 11.7. The molecule has 0 aromatic carbocycles. The van der Waals surface area contributed by atoms with Gasteiger partial charge in [0, 0.05) is 18.8 Å². The van der Waals surface area contributed by atoms with Crippen LogP contribution in [0.2, 0.25) is 0 Å². The molecule has 94 valence electrons. The molecule has 1 rings (SSSR count). The molecule has 0 bridgehead atoms. The smallest absolute Gasteiger partial charge is 0.239 e. The second-order valence-corrected chi connectivity index (χ2v) is 5.09. The SMILES string of the molecule is CN(CC(=O)NC(C)(C)C)c1ccncc1N. The third kappa shape index (κ3) is 4.30. The summed E-state index contributed by atoms with van der Waals surface area (Å²) in [4.78, 5) is 17.5. The third-order valence-corrected chi connectivity index (χ3v) is 2.13. The molecule has 0 spiro atoms. The summed E-state index contributed by atoms with van der Waals surface area (Å²) < 4.78 is 0. The van der Waals surface area contributed by atoms with Crippen LogP contribution in [0.3, 0.4) is 0 Å². The first-order chi connectivity index (χ1) is 7.79. The minimum Gasteiger partial charge on any atom is -0.396 e. The van der Waals surface area contributed by atoms with Crippen molar-refractivity contribution in [1.29, 1.82) is 0 Å². The first-order valence-corrected chi connectivity index (χ1v) is 5.51. The molecule has 1 heterocycles. The Labute approximate surface area is 102 Å². The topological polar surface area (TPSA) is 71.2 Å². The molecule has 1 aromatic heterocycles. The van der Waals surface area contributed by atoms with Gasteiger partial charge in [-0.25, -0.2) is 0 Å². The zero-order valence-corrected chi connectivity index (χ0v) is 10.8. The average Bonchev–Trinajstić information content (AvgIpc) is 2.14. The summed E-state index contributed by atoms with van der Waals surface area (Å²) in [5.41, 5.74) is 6.95. The number of likely N-dealkylation sites (N-methyl/N-ethyl adjacent to an activating group) is 1. The van der Waals surface area contributed by atoms with Crippen molar-refractivity contribution in [3.05, 3.63) is 18.5 Å². The van der Waals surface area contributed by atoms with E-state index >= 15 is 0 Å². The van der Waals surface area contributed by atoms with Gasteiger partial charge in [0.1, 0.15) is 0 Å². The zero-order valence-electron chi connectivity index (χ0n) is 10.8. The molecular formula is C12H20N4O. The van der Waals surface area contributed by atoms with E-state index in [1.807, 2.05) is 27.8 Å². The summed E-state index contributed by atoms with van der Waals surface area (Å²) in [6, 6.07) is 1.79. The van der Waals surface area contributed by atoms with Crippen molar-refractivity contribution >= 4 is 17.3 Å². The Bertz CT molecular complexity index is 398. The van der Waals surface area contributed by atoms with Crippen LogP contribution in [0.15, 0.2) is 18.5 Å². The highest BCUT2D eigenvalue weighted by molar-refractivity contribution is 5.83. The van der Waals surface area contributed by atoms with E-state index in [-0.39, 0.29) is 18.0 Å². The average molecular weight is 236 g/mol. The number of carbonyl (C=O) groups excluding carboxylic acids is 1. The van der Waals surface area contributed by atoms with Gasteiger partial charge in [0.25, 0.3) is 0 Å². The Morgan fingerprint density at radius 1 is 1.53 bits per heavy atom. The lowest BCUT2D eigenvalue weighted by Crippen LogP contribution is -2.45. The number of nitrogens with one attached hydrogen (secondary N) is 1. The lowest BCUT2D eigenvalue weighted by atomic mass is 10.1. The molecule has 0 saturated carbocycles. The molecule has 0 radical (unpaired) electrons. The van der Waals surface area contributed by atoms with Crippen LogP contribution in [0.4, 0.5) is 11.4 Å². The molecule has 0 atom stereocenters. The normalized spacial score (nSPS) is 11.1. The number of rotatable bonds is 3. The Kier molecular flexibility index (Phi) is 3.93. The molecule has 0 aliphatic heterocycles. The van der Waals surface area contributed by atoms with E-state index in [9.17, 15) is 4.79 Å². The Balaban J connectivity index is 2.64. The van der Waals surface area contributed by atoms with Gasteiger partial charge in [-0.2, -0.15) is 0 Å². The fourth-order valence-corrected chi connectivity index (χ4v) is 1.51. The number of amides is 1. The van der Waals surface area contributed by atoms with Crippen LogP contribution >= 0.6 is 0 Å². The van der Waals surface area contributed by atoms with E-state index in [1.54, 1.807) is 23.4 Å². The van der Waals surface area contributed by atoms with Gasteiger partial charge in [0.2, 0.25) is 5.91 Å². The van der Waals surface area contributed by atoms with E-state index in [0.717, 1.165) is 5.69 Å². The Morgan fingerprint density at radius 3 is 2.71 bits per heavy atom. The summed E-state index contributed by atoms with van der Waals surface area (Å²) >= 11 is 0. The highest BCUT2D eigenvalue weighted by Gasteiger charge is 2.16. The first-order valence-electron chi connectivity index (χ1n) is 5.51. The summed E-state index contributed by atoms with van der Waals surface area (Å²) in [5.74, 6) is -0.0313. The lowest BCUT2D eigenvalue weighted by molar-refractivity contribution is -0.121. The number of carbonyl (C=O) groups is 1. The van der Waals surface area contributed by atoms with Crippen LogP contribution in [-0.4, -0.2) is 30.0 Å². The van der Waals surface area contributed by atoms with E-state index < -0.39 is 0 Å². The van der Waals surface area contributed by atoms with E-state index in [1.165, 1.54) is 0 Å². The molecule has 1 amide bonds. The van der Waals surface area contributed by atoms with Crippen molar-refractivity contribution in [1.82, 2.24) is 10.3 Å². The van der Waals surface area contributed by atoms with Gasteiger partial charge in [-0.15, -0.1) is 0 Å². The van der Waals surface area contributed by atoms with Crippen molar-refractivity contribution < 1.29 is 4.79 Å². The molecule has 0 saturated heterocycles. The minimum atomic E-state index is -0.221. The molecule has 0 aliphatic carbocycles. The summed E-state index contributed by atoms with van der Waals surface area (Å²) in [7, 11) is 1.83. The van der Waals surface area contributed by atoms with E-state index in [0.29, 0.717) is 5.69 Å². The number of anilines is 2. The van der Waals surface area contributed by atoms with Crippen molar-refractivity contribution in [3.63, 3.8) is 0 Å². The highest BCUT2D eigenvalue weighted by Crippen LogP contribution is 2.19. The first kappa shape index (κ1) is 13.3. The predicted octanol–water partition coefficient (Wildman–Crippen LogP) is 1.01. The maximum atomic E-state index is 11.7. The lowest BCUT2D eigenvalue weighted by Gasteiger charge is -2.24. The van der Waals surface area contributed by atoms with Gasteiger partial charge in [-0.3, -0.25) is 9.78 Å². The third-order valence-electron chi connectivity index (χ3n) is 2.13. The molecule has 0 unspecified atom stereocenters. The monoisotopic (exact) mass is 236 g/mol. The molecule has 0 aliphatic rings. The van der Waals surface area contributed by atoms with Crippen LogP contribution in [-0.2, 0) is 4.79 Å². The maximum Gasteiger partial charge on any atom is 0.239 e. The number of nitrogens with zero attached hydrogens (tertiary/aromatic N) is 2. The van der Waals surface area contributed by atoms with Gasteiger partial charge in [-0.1, -0.05) is 0 Å².